The molecule has 0 bridgehead atoms. The number of fused-ring (bicyclic) bond motifs is 1. The molecule has 114 valence electrons. The van der Waals surface area contributed by atoms with E-state index in [9.17, 15) is 14.9 Å². The summed E-state index contributed by atoms with van der Waals surface area (Å²) >= 11 is 5.76. The van der Waals surface area contributed by atoms with E-state index in [0.29, 0.717) is 36.2 Å². The molecule has 0 saturated carbocycles. The van der Waals surface area contributed by atoms with Crippen molar-refractivity contribution in [3.8, 4) is 0 Å². The first-order valence-electron chi connectivity index (χ1n) is 6.71. The third kappa shape index (κ3) is 2.43. The molecule has 22 heavy (non-hydrogen) atoms. The monoisotopic (exact) mass is 320 g/mol. The number of rotatable bonds is 3. The summed E-state index contributed by atoms with van der Waals surface area (Å²) in [6, 6.07) is 4.80. The van der Waals surface area contributed by atoms with Crippen molar-refractivity contribution in [3.63, 3.8) is 0 Å². The number of nitro groups is 1. The molecule has 2 aromatic heterocycles. The van der Waals surface area contributed by atoms with Gasteiger partial charge in [0.2, 0.25) is 0 Å². The summed E-state index contributed by atoms with van der Waals surface area (Å²) in [6.45, 7) is 3.01. The van der Waals surface area contributed by atoms with Crippen molar-refractivity contribution in [1.29, 1.82) is 0 Å². The molecule has 0 N–H and O–H groups in total. The number of aromatic nitrogens is 2. The van der Waals surface area contributed by atoms with E-state index in [4.69, 9.17) is 11.6 Å². The Labute approximate surface area is 130 Å². The van der Waals surface area contributed by atoms with Gasteiger partial charge in [0.1, 0.15) is 5.15 Å². The van der Waals surface area contributed by atoms with Crippen molar-refractivity contribution >= 4 is 23.1 Å². The summed E-state index contributed by atoms with van der Waals surface area (Å²) in [4.78, 5) is 28.8. The van der Waals surface area contributed by atoms with E-state index in [1.807, 2.05) is 11.0 Å². The molecule has 1 aliphatic heterocycles. The fourth-order valence-corrected chi connectivity index (χ4v) is 2.81. The van der Waals surface area contributed by atoms with E-state index in [1.165, 1.54) is 10.6 Å². The van der Waals surface area contributed by atoms with Crippen molar-refractivity contribution < 1.29 is 4.92 Å². The Bertz CT molecular complexity index is 801. The number of hydrogen-bond donors (Lipinski definition) is 0. The highest BCUT2D eigenvalue weighted by atomic mass is 35.5. The van der Waals surface area contributed by atoms with Gasteiger partial charge in [-0.1, -0.05) is 17.7 Å². The Morgan fingerprint density at radius 3 is 2.82 bits per heavy atom. The van der Waals surface area contributed by atoms with Gasteiger partial charge in [-0.25, -0.2) is 4.98 Å². The second-order valence-corrected chi connectivity index (χ2v) is 5.54. The van der Waals surface area contributed by atoms with Crippen LogP contribution in [0.15, 0.2) is 29.2 Å². The minimum absolute atomic E-state index is 0.0148. The largest absolute Gasteiger partial charge is 0.346 e. The topological polar surface area (TPSA) is 81.3 Å². The van der Waals surface area contributed by atoms with Gasteiger partial charge in [0.05, 0.1) is 4.92 Å². The highest BCUT2D eigenvalue weighted by Gasteiger charge is 2.31. The number of halogens is 1. The van der Waals surface area contributed by atoms with Crippen molar-refractivity contribution in [2.75, 3.05) is 11.4 Å². The Morgan fingerprint density at radius 2 is 2.18 bits per heavy atom. The molecular formula is C14H13ClN4O3. The van der Waals surface area contributed by atoms with Gasteiger partial charge < -0.3 is 4.90 Å². The molecule has 0 spiro atoms. The molecular weight excluding hydrogens is 308 g/mol. The molecule has 3 rings (SSSR count). The molecule has 0 atom stereocenters. The molecule has 2 aromatic rings. The zero-order valence-electron chi connectivity index (χ0n) is 11.8. The molecule has 0 aromatic carbocycles. The van der Waals surface area contributed by atoms with Gasteiger partial charge in [-0.2, -0.15) is 0 Å². The number of anilines is 1. The molecule has 7 nitrogen and oxygen atoms in total. The number of hydrogen-bond acceptors (Lipinski definition) is 5. The van der Waals surface area contributed by atoms with Crippen LogP contribution >= 0.6 is 11.6 Å². The highest BCUT2D eigenvalue weighted by molar-refractivity contribution is 6.29. The molecule has 1 aliphatic rings. The predicted molar refractivity (Wildman–Crippen MR) is 82.4 cm³/mol. The van der Waals surface area contributed by atoms with Crippen molar-refractivity contribution in [3.05, 3.63) is 61.1 Å². The molecule has 0 amide bonds. The quantitative estimate of drug-likeness (QED) is 0.491. The molecule has 0 fully saturated rings. The van der Waals surface area contributed by atoms with Gasteiger partial charge in [-0.05, 0) is 18.6 Å². The lowest BCUT2D eigenvalue weighted by atomic mass is 10.2. The van der Waals surface area contributed by atoms with Gasteiger partial charge in [0.25, 0.3) is 5.56 Å². The van der Waals surface area contributed by atoms with Crippen LogP contribution in [0, 0.1) is 17.0 Å². The summed E-state index contributed by atoms with van der Waals surface area (Å²) in [7, 11) is 0. The van der Waals surface area contributed by atoms with E-state index < -0.39 is 4.92 Å². The third-order valence-corrected chi connectivity index (χ3v) is 3.91. The minimum atomic E-state index is -0.432. The van der Waals surface area contributed by atoms with Gasteiger partial charge >= 0.3 is 5.69 Å². The van der Waals surface area contributed by atoms with E-state index in [0.717, 1.165) is 5.56 Å². The van der Waals surface area contributed by atoms with Gasteiger partial charge in [-0.3, -0.25) is 19.5 Å². The van der Waals surface area contributed by atoms with E-state index in [2.05, 4.69) is 4.98 Å². The minimum Gasteiger partial charge on any atom is -0.346 e. The van der Waals surface area contributed by atoms with Gasteiger partial charge in [-0.15, -0.1) is 0 Å². The van der Waals surface area contributed by atoms with E-state index in [1.54, 1.807) is 19.2 Å². The van der Waals surface area contributed by atoms with Gasteiger partial charge in [0.15, 0.2) is 5.82 Å². The van der Waals surface area contributed by atoms with Gasteiger partial charge in [0, 0.05) is 37.5 Å². The molecule has 0 radical (unpaired) electrons. The second-order valence-electron chi connectivity index (χ2n) is 5.16. The zero-order chi connectivity index (χ0) is 15.9. The first-order valence-corrected chi connectivity index (χ1v) is 7.09. The molecule has 0 unspecified atom stereocenters. The fraction of sp³-hybridized carbons (Fsp3) is 0.286. The van der Waals surface area contributed by atoms with E-state index in [-0.39, 0.29) is 11.2 Å². The van der Waals surface area contributed by atoms with Crippen LogP contribution in [0.25, 0.3) is 0 Å². The van der Waals surface area contributed by atoms with Crippen LogP contribution in [-0.4, -0.2) is 21.0 Å². The average molecular weight is 321 g/mol. The SMILES string of the molecule is Cc1cc(=O)n2c(c1[N+](=O)[O-])N(Cc1ccc(Cl)nc1)CC2. The number of aryl methyl sites for hydroxylation is 1. The van der Waals surface area contributed by atoms with Crippen LogP contribution in [0.2, 0.25) is 5.15 Å². The first kappa shape index (κ1) is 14.5. The van der Waals surface area contributed by atoms with Crippen molar-refractivity contribution in [2.24, 2.45) is 0 Å². The molecule has 0 saturated heterocycles. The summed E-state index contributed by atoms with van der Waals surface area (Å²) in [5.74, 6) is 0.366. The Balaban J connectivity index is 2.05. The first-order chi connectivity index (χ1) is 10.5. The normalized spacial score (nSPS) is 13.3. The van der Waals surface area contributed by atoms with Crippen LogP contribution in [0.4, 0.5) is 11.5 Å². The van der Waals surface area contributed by atoms with Crippen LogP contribution in [0.1, 0.15) is 11.1 Å². The zero-order valence-corrected chi connectivity index (χ0v) is 12.6. The van der Waals surface area contributed by atoms with Crippen molar-refractivity contribution in [1.82, 2.24) is 9.55 Å². The standard InChI is InChI=1S/C14H13ClN4O3/c1-9-6-12(20)18-5-4-17(14(18)13(9)19(21)22)8-10-2-3-11(15)16-7-10/h2-3,6-7H,4-5,8H2,1H3. The molecule has 0 aliphatic carbocycles. The molecule has 8 heteroatoms. The summed E-state index contributed by atoms with van der Waals surface area (Å²) in [5, 5.41) is 11.8. The Kier molecular flexibility index (Phi) is 3.58. The maximum atomic E-state index is 12.0. The maximum absolute atomic E-state index is 12.0. The fourth-order valence-electron chi connectivity index (χ4n) is 2.70. The van der Waals surface area contributed by atoms with Crippen molar-refractivity contribution in [2.45, 2.75) is 20.0 Å². The lowest BCUT2D eigenvalue weighted by Gasteiger charge is -2.18. The Hall–Kier alpha value is -2.41. The third-order valence-electron chi connectivity index (χ3n) is 3.68. The lowest BCUT2D eigenvalue weighted by Crippen LogP contribution is -2.23. The van der Waals surface area contributed by atoms with Crippen LogP contribution in [-0.2, 0) is 13.1 Å². The predicted octanol–water partition coefficient (Wildman–Crippen LogP) is 2.13. The summed E-state index contributed by atoms with van der Waals surface area (Å²) in [5.41, 5.74) is 1.03. The van der Waals surface area contributed by atoms with Crippen LogP contribution in [0.5, 0.6) is 0 Å². The second kappa shape index (κ2) is 5.42. The average Bonchev–Trinajstić information content (AvgIpc) is 2.85. The van der Waals surface area contributed by atoms with Crippen LogP contribution < -0.4 is 10.5 Å². The Morgan fingerprint density at radius 1 is 1.41 bits per heavy atom. The maximum Gasteiger partial charge on any atom is 0.312 e. The summed E-state index contributed by atoms with van der Waals surface area (Å²) in [6.07, 6.45) is 1.63. The van der Waals surface area contributed by atoms with Crippen LogP contribution in [0.3, 0.4) is 0 Å². The lowest BCUT2D eigenvalue weighted by molar-refractivity contribution is -0.385. The number of nitrogens with zero attached hydrogens (tertiary/aromatic N) is 4. The summed E-state index contributed by atoms with van der Waals surface area (Å²) < 4.78 is 1.45. The number of pyridine rings is 2. The van der Waals surface area contributed by atoms with E-state index >= 15 is 0 Å². The highest BCUT2D eigenvalue weighted by Crippen LogP contribution is 2.34. The molecule has 3 heterocycles. The smallest absolute Gasteiger partial charge is 0.312 e.